The van der Waals surface area contributed by atoms with Crippen molar-refractivity contribution in [2.75, 3.05) is 26.5 Å². The molecule has 0 bridgehead atoms. The molecule has 1 aromatic carbocycles. The lowest BCUT2D eigenvalue weighted by molar-refractivity contribution is 0.0815. The Bertz CT molecular complexity index is 576. The molecule has 0 radical (unpaired) electrons. The van der Waals surface area contributed by atoms with Crippen LogP contribution in [0.3, 0.4) is 0 Å². The summed E-state index contributed by atoms with van der Waals surface area (Å²) in [6, 6.07) is 7.67. The van der Waals surface area contributed by atoms with Gasteiger partial charge in [0.15, 0.2) is 0 Å². The summed E-state index contributed by atoms with van der Waals surface area (Å²) >= 11 is 6.73. The molecule has 0 spiro atoms. The molecule has 3 nitrogen and oxygen atoms in total. The van der Waals surface area contributed by atoms with E-state index in [9.17, 15) is 5.11 Å². The second-order valence-electron chi connectivity index (χ2n) is 5.46. The fourth-order valence-corrected chi connectivity index (χ4v) is 2.04. The smallest absolute Gasteiger partial charge is 0.145 e. The molecule has 0 aromatic heterocycles. The standard InChI is InChI=1S/C17H24ClNO2S/c1-17(2,9-8-16(20)22-4)19(3)10-11-21-13-14-6-5-7-15(18)12-14/h5-7,12,20,22H,10-11,13H2,1-4H3. The lowest BCUT2D eigenvalue weighted by Crippen LogP contribution is -2.41. The number of ether oxygens (including phenoxy) is 1. The first-order valence-corrected chi connectivity index (χ1v) is 8.79. The predicted octanol–water partition coefficient (Wildman–Crippen LogP) is 3.35. The van der Waals surface area contributed by atoms with Crippen molar-refractivity contribution in [3.63, 3.8) is 0 Å². The highest BCUT2D eigenvalue weighted by Crippen LogP contribution is 2.12. The first-order valence-electron chi connectivity index (χ1n) is 7.07. The number of hydrogen-bond donors (Lipinski definition) is 2. The Morgan fingerprint density at radius 2 is 2.18 bits per heavy atom. The van der Waals surface area contributed by atoms with Gasteiger partial charge in [0.05, 0.1) is 18.8 Å². The van der Waals surface area contributed by atoms with Crippen LogP contribution in [0.5, 0.6) is 0 Å². The van der Waals surface area contributed by atoms with Gasteiger partial charge in [0.25, 0.3) is 0 Å². The van der Waals surface area contributed by atoms with E-state index in [4.69, 9.17) is 16.3 Å². The quantitative estimate of drug-likeness (QED) is 0.360. The van der Waals surface area contributed by atoms with Crippen LogP contribution in [0.4, 0.5) is 0 Å². The molecule has 0 aliphatic carbocycles. The Morgan fingerprint density at radius 3 is 2.82 bits per heavy atom. The minimum Gasteiger partial charge on any atom is -0.375 e. The van der Waals surface area contributed by atoms with Crippen LogP contribution in [-0.4, -0.2) is 47.1 Å². The Kier molecular flexibility index (Phi) is 8.16. The van der Waals surface area contributed by atoms with E-state index in [0.29, 0.717) is 13.2 Å². The Morgan fingerprint density at radius 1 is 1.45 bits per heavy atom. The molecule has 0 heterocycles. The third kappa shape index (κ3) is 6.95. The van der Waals surface area contributed by atoms with Gasteiger partial charge in [-0.05, 0) is 50.8 Å². The van der Waals surface area contributed by atoms with Crippen LogP contribution >= 0.6 is 23.0 Å². The van der Waals surface area contributed by atoms with Crippen molar-refractivity contribution in [3.8, 4) is 11.8 Å². The second kappa shape index (κ2) is 9.34. The zero-order valence-electron chi connectivity index (χ0n) is 13.6. The fourth-order valence-electron chi connectivity index (χ4n) is 1.66. The fraction of sp³-hybridized carbons (Fsp3) is 0.471. The van der Waals surface area contributed by atoms with Crippen molar-refractivity contribution in [1.29, 1.82) is 0 Å². The van der Waals surface area contributed by atoms with E-state index in [-0.39, 0.29) is 10.6 Å². The van der Waals surface area contributed by atoms with E-state index in [1.807, 2.05) is 51.4 Å². The molecule has 0 fully saturated rings. The maximum atomic E-state index is 9.44. The lowest BCUT2D eigenvalue weighted by Gasteiger charge is -2.30. The van der Waals surface area contributed by atoms with Gasteiger partial charge in [-0.25, -0.2) is 0 Å². The maximum absolute atomic E-state index is 9.44. The third-order valence-corrected chi connectivity index (χ3v) is 4.15. The molecule has 22 heavy (non-hydrogen) atoms. The number of halogens is 1. The number of rotatable bonds is 6. The zero-order valence-corrected chi connectivity index (χ0v) is 15.2. The molecule has 0 saturated heterocycles. The van der Waals surface area contributed by atoms with E-state index >= 15 is 0 Å². The topological polar surface area (TPSA) is 32.7 Å². The van der Waals surface area contributed by atoms with Gasteiger partial charge in [0.2, 0.25) is 0 Å². The summed E-state index contributed by atoms with van der Waals surface area (Å²) < 4.78 is 5.68. The van der Waals surface area contributed by atoms with Crippen molar-refractivity contribution >= 4 is 28.0 Å². The van der Waals surface area contributed by atoms with E-state index in [1.165, 1.54) is 0 Å². The summed E-state index contributed by atoms with van der Waals surface area (Å²) in [4.78, 5) is 2.11. The molecule has 0 unspecified atom stereocenters. The Hall–Kier alpha value is -0.830. The molecule has 0 saturated carbocycles. The molecule has 1 rings (SSSR count). The minimum absolute atomic E-state index is 0.193. The number of aliphatic hydroxyl groups excluding tert-OH is 1. The largest absolute Gasteiger partial charge is 0.375 e. The van der Waals surface area contributed by atoms with Gasteiger partial charge >= 0.3 is 0 Å². The van der Waals surface area contributed by atoms with E-state index in [2.05, 4.69) is 16.7 Å². The van der Waals surface area contributed by atoms with Crippen molar-refractivity contribution in [2.45, 2.75) is 26.0 Å². The summed E-state index contributed by atoms with van der Waals surface area (Å²) in [7, 11) is 2.00. The molecule has 122 valence electrons. The molecule has 0 atom stereocenters. The molecule has 1 N–H and O–H groups in total. The zero-order chi connectivity index (χ0) is 16.6. The van der Waals surface area contributed by atoms with Gasteiger partial charge in [-0.1, -0.05) is 29.7 Å². The summed E-state index contributed by atoms with van der Waals surface area (Å²) in [6.45, 7) is 5.96. The number of benzene rings is 1. The minimum atomic E-state index is -0.321. The van der Waals surface area contributed by atoms with Crippen molar-refractivity contribution in [1.82, 2.24) is 4.90 Å². The summed E-state index contributed by atoms with van der Waals surface area (Å²) in [5, 5.41) is 10.4. The average molecular weight is 342 g/mol. The molecule has 1 aromatic rings. The van der Waals surface area contributed by atoms with Crippen LogP contribution in [0.15, 0.2) is 24.3 Å². The van der Waals surface area contributed by atoms with E-state index < -0.39 is 0 Å². The van der Waals surface area contributed by atoms with Crippen molar-refractivity contribution in [3.05, 3.63) is 34.9 Å². The number of aliphatic hydroxyl groups is 1. The van der Waals surface area contributed by atoms with Gasteiger partial charge in [-0.15, -0.1) is 0 Å². The van der Waals surface area contributed by atoms with E-state index in [0.717, 1.165) is 28.5 Å². The van der Waals surface area contributed by atoms with Crippen LogP contribution < -0.4 is 0 Å². The number of likely N-dealkylation sites (N-methyl/N-ethyl adjacent to an activating group) is 1. The van der Waals surface area contributed by atoms with Crippen LogP contribution in [0.1, 0.15) is 19.4 Å². The van der Waals surface area contributed by atoms with E-state index in [1.54, 1.807) is 0 Å². The van der Waals surface area contributed by atoms with Crippen LogP contribution in [-0.2, 0) is 11.3 Å². The third-order valence-electron chi connectivity index (χ3n) is 3.38. The van der Waals surface area contributed by atoms with Crippen LogP contribution in [0.2, 0.25) is 5.02 Å². The van der Waals surface area contributed by atoms with Crippen LogP contribution in [0, 0.1) is 11.8 Å². The lowest BCUT2D eigenvalue weighted by atomic mass is 10.0. The molecule has 0 amide bonds. The molecule has 0 aliphatic rings. The normalized spacial score (nSPS) is 12.6. The summed E-state index contributed by atoms with van der Waals surface area (Å²) in [5.41, 5.74) is 0.744. The predicted molar refractivity (Wildman–Crippen MR) is 98.1 cm³/mol. The van der Waals surface area contributed by atoms with Gasteiger partial charge in [-0.3, -0.25) is 4.90 Å². The molecular formula is C17H24ClNO2S. The first kappa shape index (κ1) is 19.2. The van der Waals surface area contributed by atoms with Gasteiger partial charge < -0.3 is 9.84 Å². The SMILES string of the molecule is C[SH]=C(O)C#CC(C)(C)N(C)CCOCc1cccc(Cl)c1. The van der Waals surface area contributed by atoms with Crippen LogP contribution in [0.25, 0.3) is 0 Å². The number of hydrogen-bond acceptors (Lipinski definition) is 2. The summed E-state index contributed by atoms with van der Waals surface area (Å²) in [5.74, 6) is 5.87. The molecular weight excluding hydrogens is 318 g/mol. The second-order valence-corrected chi connectivity index (χ2v) is 6.77. The van der Waals surface area contributed by atoms with Gasteiger partial charge in [-0.2, -0.15) is 11.4 Å². The number of nitrogens with zero attached hydrogens (tertiary/aromatic N) is 1. The molecule has 5 heteroatoms. The maximum Gasteiger partial charge on any atom is 0.145 e. The monoisotopic (exact) mass is 341 g/mol. The summed E-state index contributed by atoms with van der Waals surface area (Å²) in [6.07, 6.45) is 1.85. The highest BCUT2D eigenvalue weighted by Gasteiger charge is 2.20. The first-order chi connectivity index (χ1) is 10.3. The van der Waals surface area contributed by atoms with Crippen molar-refractivity contribution in [2.24, 2.45) is 0 Å². The molecule has 0 aliphatic heterocycles. The highest BCUT2D eigenvalue weighted by molar-refractivity contribution is 7.98. The highest BCUT2D eigenvalue weighted by atomic mass is 35.5. The number of thiol groups is 1. The van der Waals surface area contributed by atoms with Crippen molar-refractivity contribution < 1.29 is 9.84 Å². The Balaban J connectivity index is 2.41. The Labute approximate surface area is 142 Å². The average Bonchev–Trinajstić information content (AvgIpc) is 2.49. The van der Waals surface area contributed by atoms with Gasteiger partial charge in [0, 0.05) is 11.6 Å². The van der Waals surface area contributed by atoms with Gasteiger partial charge in [0.1, 0.15) is 5.05 Å².